The zero-order chi connectivity index (χ0) is 22.5. The summed E-state index contributed by atoms with van der Waals surface area (Å²) in [5.41, 5.74) is 2.67. The van der Waals surface area contributed by atoms with Crippen LogP contribution >= 0.6 is 0 Å². The van der Waals surface area contributed by atoms with E-state index in [9.17, 15) is 9.59 Å². The van der Waals surface area contributed by atoms with Crippen LogP contribution in [0.2, 0.25) is 0 Å². The second-order valence-corrected chi connectivity index (χ2v) is 7.37. The van der Waals surface area contributed by atoms with E-state index in [1.807, 2.05) is 43.3 Å². The number of carbonyl (C=O) groups is 1. The molecule has 0 fully saturated rings. The molecular formula is C26H23NO5. The molecule has 0 aliphatic heterocycles. The molecule has 0 saturated heterocycles. The maximum atomic E-state index is 13.2. The van der Waals surface area contributed by atoms with Crippen LogP contribution in [0.1, 0.15) is 11.1 Å². The van der Waals surface area contributed by atoms with Gasteiger partial charge in [0.25, 0.3) is 5.91 Å². The minimum atomic E-state index is -0.335. The molecule has 1 heterocycles. The Morgan fingerprint density at radius 1 is 1.00 bits per heavy atom. The first-order chi connectivity index (χ1) is 15.5. The molecule has 0 bridgehead atoms. The van der Waals surface area contributed by atoms with Gasteiger partial charge in [0.2, 0.25) is 11.2 Å². The van der Waals surface area contributed by atoms with Crippen molar-refractivity contribution in [2.75, 3.05) is 13.7 Å². The van der Waals surface area contributed by atoms with Crippen LogP contribution in [-0.4, -0.2) is 19.6 Å². The second-order valence-electron chi connectivity index (χ2n) is 7.37. The van der Waals surface area contributed by atoms with Gasteiger partial charge in [0.05, 0.1) is 12.5 Å². The highest BCUT2D eigenvalue weighted by molar-refractivity contribution is 5.83. The molecule has 0 saturated carbocycles. The molecule has 1 aromatic heterocycles. The van der Waals surface area contributed by atoms with Crippen molar-refractivity contribution in [1.82, 2.24) is 5.32 Å². The minimum Gasteiger partial charge on any atom is -0.497 e. The van der Waals surface area contributed by atoms with E-state index in [1.165, 1.54) is 0 Å². The zero-order valence-corrected chi connectivity index (χ0v) is 17.9. The lowest BCUT2D eigenvalue weighted by atomic mass is 10.1. The Hall–Kier alpha value is -4.06. The number of hydrogen-bond donors (Lipinski definition) is 1. The van der Waals surface area contributed by atoms with E-state index < -0.39 is 0 Å². The number of nitrogens with one attached hydrogen (secondary N) is 1. The fraction of sp³-hybridized carbons (Fsp3) is 0.154. The van der Waals surface area contributed by atoms with Crippen LogP contribution in [0, 0.1) is 6.92 Å². The average molecular weight is 429 g/mol. The number of carbonyl (C=O) groups excluding carboxylic acids is 1. The number of aryl methyl sites for hydroxylation is 1. The van der Waals surface area contributed by atoms with Crippen LogP contribution in [0.25, 0.3) is 22.3 Å². The molecule has 0 aliphatic carbocycles. The molecule has 0 radical (unpaired) electrons. The summed E-state index contributed by atoms with van der Waals surface area (Å²) in [4.78, 5) is 25.6. The number of benzene rings is 3. The molecule has 162 valence electrons. The van der Waals surface area contributed by atoms with Crippen LogP contribution in [0.3, 0.4) is 0 Å². The summed E-state index contributed by atoms with van der Waals surface area (Å²) in [6.07, 6.45) is 0. The molecule has 1 N–H and O–H groups in total. The van der Waals surface area contributed by atoms with Crippen molar-refractivity contribution >= 4 is 16.9 Å². The Bertz CT molecular complexity index is 1290. The highest BCUT2D eigenvalue weighted by atomic mass is 16.5. The van der Waals surface area contributed by atoms with E-state index in [4.69, 9.17) is 13.9 Å². The van der Waals surface area contributed by atoms with Crippen molar-refractivity contribution in [2.45, 2.75) is 13.5 Å². The van der Waals surface area contributed by atoms with Crippen molar-refractivity contribution in [3.8, 4) is 22.8 Å². The van der Waals surface area contributed by atoms with Gasteiger partial charge >= 0.3 is 0 Å². The fourth-order valence-corrected chi connectivity index (χ4v) is 3.34. The Morgan fingerprint density at radius 2 is 1.75 bits per heavy atom. The summed E-state index contributed by atoms with van der Waals surface area (Å²) in [6, 6.07) is 22.0. The van der Waals surface area contributed by atoms with Gasteiger partial charge < -0.3 is 19.2 Å². The highest BCUT2D eigenvalue weighted by Gasteiger charge is 2.19. The molecule has 0 unspecified atom stereocenters. The molecule has 6 nitrogen and oxygen atoms in total. The lowest BCUT2D eigenvalue weighted by Crippen LogP contribution is -2.29. The number of rotatable bonds is 7. The smallest absolute Gasteiger partial charge is 0.258 e. The molecule has 4 rings (SSSR count). The van der Waals surface area contributed by atoms with Crippen LogP contribution in [-0.2, 0) is 11.3 Å². The fourth-order valence-electron chi connectivity index (χ4n) is 3.34. The van der Waals surface area contributed by atoms with Crippen LogP contribution < -0.4 is 20.2 Å². The van der Waals surface area contributed by atoms with Crippen molar-refractivity contribution in [1.29, 1.82) is 0 Å². The molecule has 32 heavy (non-hydrogen) atoms. The number of ether oxygens (including phenoxy) is 2. The predicted molar refractivity (Wildman–Crippen MR) is 123 cm³/mol. The summed E-state index contributed by atoms with van der Waals surface area (Å²) in [7, 11) is 1.58. The predicted octanol–water partition coefficient (Wildman–Crippen LogP) is 4.47. The maximum Gasteiger partial charge on any atom is 0.258 e. The minimum absolute atomic E-state index is 0.00290. The third kappa shape index (κ3) is 4.64. The first kappa shape index (κ1) is 21.2. The standard InChI is InChI=1S/C26H23NO5/c1-17-8-13-22-21(14-17)24(29)26(25(32-22)19-9-11-20(30-2)12-10-19)31-16-23(28)27-15-18-6-4-3-5-7-18/h3-14H,15-16H2,1-2H3,(H,27,28). The first-order valence-electron chi connectivity index (χ1n) is 10.2. The number of fused-ring (bicyclic) bond motifs is 1. The van der Waals surface area contributed by atoms with Crippen LogP contribution in [0.4, 0.5) is 0 Å². The van der Waals surface area contributed by atoms with Crippen LogP contribution in [0.5, 0.6) is 11.5 Å². The van der Waals surface area contributed by atoms with E-state index in [0.717, 1.165) is 11.1 Å². The summed E-state index contributed by atoms with van der Waals surface area (Å²) in [6.45, 7) is 1.96. The van der Waals surface area contributed by atoms with Crippen molar-refractivity contribution < 1.29 is 18.7 Å². The third-order valence-corrected chi connectivity index (χ3v) is 5.04. The summed E-state index contributed by atoms with van der Waals surface area (Å²) < 4.78 is 17.0. The molecule has 6 heteroatoms. The van der Waals surface area contributed by atoms with Crippen molar-refractivity contribution in [2.24, 2.45) is 0 Å². The quantitative estimate of drug-likeness (QED) is 0.469. The maximum absolute atomic E-state index is 13.2. The number of methoxy groups -OCH3 is 1. The average Bonchev–Trinajstić information content (AvgIpc) is 2.83. The van der Waals surface area contributed by atoms with Gasteiger partial charge in [-0.25, -0.2) is 0 Å². The topological polar surface area (TPSA) is 77.8 Å². The summed E-state index contributed by atoms with van der Waals surface area (Å²) >= 11 is 0. The van der Waals surface area contributed by atoms with Gasteiger partial charge in [-0.1, -0.05) is 42.0 Å². The monoisotopic (exact) mass is 429 g/mol. The molecule has 0 aliphatic rings. The van der Waals surface area contributed by atoms with E-state index in [-0.39, 0.29) is 29.5 Å². The van der Waals surface area contributed by atoms with Gasteiger partial charge in [-0.05, 0) is 48.9 Å². The normalized spacial score (nSPS) is 10.7. The number of amides is 1. The molecule has 3 aromatic carbocycles. The van der Waals surface area contributed by atoms with E-state index >= 15 is 0 Å². The second kappa shape index (κ2) is 9.39. The van der Waals surface area contributed by atoms with E-state index in [2.05, 4.69) is 5.32 Å². The van der Waals surface area contributed by atoms with Crippen molar-refractivity contribution in [3.63, 3.8) is 0 Å². The molecule has 0 spiro atoms. The SMILES string of the molecule is COc1ccc(-c2oc3ccc(C)cc3c(=O)c2OCC(=O)NCc2ccccc2)cc1. The zero-order valence-electron chi connectivity index (χ0n) is 17.9. The number of hydrogen-bond acceptors (Lipinski definition) is 5. The van der Waals surface area contributed by atoms with Crippen molar-refractivity contribution in [3.05, 3.63) is 94.1 Å². The summed E-state index contributed by atoms with van der Waals surface area (Å²) in [5.74, 6) is 0.613. The Morgan fingerprint density at radius 3 is 2.47 bits per heavy atom. The van der Waals surface area contributed by atoms with E-state index in [0.29, 0.717) is 28.8 Å². The lowest BCUT2D eigenvalue weighted by molar-refractivity contribution is -0.123. The van der Waals surface area contributed by atoms with Gasteiger partial charge in [-0.15, -0.1) is 0 Å². The van der Waals surface area contributed by atoms with E-state index in [1.54, 1.807) is 43.5 Å². The molecular weight excluding hydrogens is 406 g/mol. The first-order valence-corrected chi connectivity index (χ1v) is 10.2. The highest BCUT2D eigenvalue weighted by Crippen LogP contribution is 2.32. The molecule has 4 aromatic rings. The van der Waals surface area contributed by atoms with Gasteiger partial charge in [0, 0.05) is 12.1 Å². The molecule has 1 amide bonds. The van der Waals surface area contributed by atoms with Gasteiger partial charge in [-0.3, -0.25) is 9.59 Å². The van der Waals surface area contributed by atoms with Crippen LogP contribution in [0.15, 0.2) is 82.0 Å². The van der Waals surface area contributed by atoms with Gasteiger partial charge in [0.1, 0.15) is 11.3 Å². The molecule has 0 atom stereocenters. The summed E-state index contributed by atoms with van der Waals surface area (Å²) in [5, 5.41) is 3.20. The lowest BCUT2D eigenvalue weighted by Gasteiger charge is -2.12. The van der Waals surface area contributed by atoms with Gasteiger partial charge in [0.15, 0.2) is 12.4 Å². The Kier molecular flexibility index (Phi) is 6.22. The van der Waals surface area contributed by atoms with Gasteiger partial charge in [-0.2, -0.15) is 0 Å². The largest absolute Gasteiger partial charge is 0.497 e. The third-order valence-electron chi connectivity index (χ3n) is 5.04. The Labute approximate surface area is 185 Å². The Balaban J connectivity index is 1.64.